The minimum atomic E-state index is -0.347. The Kier molecular flexibility index (Phi) is 5.14. The minimum absolute atomic E-state index is 0.00253. The van der Waals surface area contributed by atoms with Gasteiger partial charge in [0.05, 0.1) is 6.61 Å². The van der Waals surface area contributed by atoms with Gasteiger partial charge in [0, 0.05) is 31.5 Å². The van der Waals surface area contributed by atoms with Crippen molar-refractivity contribution in [3.05, 3.63) is 35.1 Å². The minimum Gasteiger partial charge on any atom is -0.395 e. The van der Waals surface area contributed by atoms with Gasteiger partial charge in [-0.15, -0.1) is 0 Å². The van der Waals surface area contributed by atoms with Gasteiger partial charge in [-0.25, -0.2) is 4.39 Å². The van der Waals surface area contributed by atoms with Crippen molar-refractivity contribution in [3.8, 4) is 11.8 Å². The SMILES string of the molecule is O=C1CCCCN1Cc1cc(F)cc(C#CCCO)c1. The summed E-state index contributed by atoms with van der Waals surface area (Å²) in [6.45, 7) is 1.17. The first-order valence-electron chi connectivity index (χ1n) is 6.86. The number of benzene rings is 1. The van der Waals surface area contributed by atoms with Crippen molar-refractivity contribution < 1.29 is 14.3 Å². The second-order valence-corrected chi connectivity index (χ2v) is 4.90. The lowest BCUT2D eigenvalue weighted by atomic mass is 10.1. The number of aliphatic hydroxyl groups excluding tert-OH is 1. The summed E-state index contributed by atoms with van der Waals surface area (Å²) in [7, 11) is 0. The van der Waals surface area contributed by atoms with Crippen molar-refractivity contribution >= 4 is 5.91 Å². The van der Waals surface area contributed by atoms with E-state index < -0.39 is 0 Å². The van der Waals surface area contributed by atoms with Gasteiger partial charge in [-0.2, -0.15) is 0 Å². The van der Waals surface area contributed by atoms with Crippen molar-refractivity contribution in [1.82, 2.24) is 4.90 Å². The van der Waals surface area contributed by atoms with Crippen LogP contribution in [0.15, 0.2) is 18.2 Å². The van der Waals surface area contributed by atoms with Gasteiger partial charge in [-0.3, -0.25) is 4.79 Å². The molecule has 1 fully saturated rings. The van der Waals surface area contributed by atoms with E-state index >= 15 is 0 Å². The fourth-order valence-corrected chi connectivity index (χ4v) is 2.28. The van der Waals surface area contributed by atoms with E-state index in [2.05, 4.69) is 11.8 Å². The van der Waals surface area contributed by atoms with Crippen LogP contribution in [0.25, 0.3) is 0 Å². The molecule has 1 amide bonds. The normalized spacial score (nSPS) is 14.9. The number of hydrogen-bond acceptors (Lipinski definition) is 2. The fraction of sp³-hybridized carbons (Fsp3) is 0.438. The number of rotatable bonds is 3. The van der Waals surface area contributed by atoms with Gasteiger partial charge in [0.2, 0.25) is 5.91 Å². The number of hydrogen-bond donors (Lipinski definition) is 1. The Morgan fingerprint density at radius 3 is 2.90 bits per heavy atom. The van der Waals surface area contributed by atoms with Crippen LogP contribution in [0.2, 0.25) is 0 Å². The summed E-state index contributed by atoms with van der Waals surface area (Å²) in [4.78, 5) is 13.5. The highest BCUT2D eigenvalue weighted by atomic mass is 19.1. The average Bonchev–Trinajstić information content (AvgIpc) is 2.41. The van der Waals surface area contributed by atoms with Gasteiger partial charge in [0.1, 0.15) is 5.82 Å². The highest BCUT2D eigenvalue weighted by molar-refractivity contribution is 5.76. The Hall–Kier alpha value is -1.86. The van der Waals surface area contributed by atoms with Crippen LogP contribution < -0.4 is 0 Å². The van der Waals surface area contributed by atoms with Gasteiger partial charge in [0.15, 0.2) is 0 Å². The highest BCUT2D eigenvalue weighted by Gasteiger charge is 2.18. The second kappa shape index (κ2) is 7.06. The predicted molar refractivity (Wildman–Crippen MR) is 74.2 cm³/mol. The van der Waals surface area contributed by atoms with Crippen LogP contribution in [-0.2, 0) is 11.3 Å². The molecule has 20 heavy (non-hydrogen) atoms. The summed E-state index contributed by atoms with van der Waals surface area (Å²) in [5.74, 6) is 5.38. The lowest BCUT2D eigenvalue weighted by Gasteiger charge is -2.26. The quantitative estimate of drug-likeness (QED) is 0.858. The van der Waals surface area contributed by atoms with Crippen molar-refractivity contribution in [2.24, 2.45) is 0 Å². The molecule has 0 spiro atoms. The Morgan fingerprint density at radius 2 is 2.15 bits per heavy atom. The number of nitrogens with zero attached hydrogens (tertiary/aromatic N) is 1. The summed E-state index contributed by atoms with van der Waals surface area (Å²) >= 11 is 0. The van der Waals surface area contributed by atoms with E-state index in [-0.39, 0.29) is 18.3 Å². The maximum Gasteiger partial charge on any atom is 0.222 e. The topological polar surface area (TPSA) is 40.5 Å². The monoisotopic (exact) mass is 275 g/mol. The second-order valence-electron chi connectivity index (χ2n) is 4.90. The third kappa shape index (κ3) is 4.07. The van der Waals surface area contributed by atoms with Crippen LogP contribution in [0.5, 0.6) is 0 Å². The van der Waals surface area contributed by atoms with Crippen LogP contribution in [0, 0.1) is 17.7 Å². The average molecular weight is 275 g/mol. The lowest BCUT2D eigenvalue weighted by molar-refractivity contribution is -0.133. The zero-order valence-electron chi connectivity index (χ0n) is 11.4. The van der Waals surface area contributed by atoms with E-state index in [1.54, 1.807) is 11.0 Å². The highest BCUT2D eigenvalue weighted by Crippen LogP contribution is 2.16. The molecule has 4 heteroatoms. The van der Waals surface area contributed by atoms with Gasteiger partial charge < -0.3 is 10.0 Å². The van der Waals surface area contributed by atoms with E-state index in [0.29, 0.717) is 24.9 Å². The number of likely N-dealkylation sites (tertiary alicyclic amines) is 1. The molecule has 1 heterocycles. The number of carbonyl (C=O) groups excluding carboxylic acids is 1. The summed E-state index contributed by atoms with van der Waals surface area (Å²) in [5, 5.41) is 8.68. The molecule has 1 aliphatic rings. The molecule has 1 saturated heterocycles. The molecule has 1 aliphatic heterocycles. The van der Waals surface area contributed by atoms with Crippen molar-refractivity contribution in [2.45, 2.75) is 32.2 Å². The Bertz CT molecular complexity index is 545. The number of amides is 1. The molecule has 0 unspecified atom stereocenters. The Balaban J connectivity index is 2.11. The maximum atomic E-state index is 13.6. The van der Waals surface area contributed by atoms with E-state index in [1.165, 1.54) is 12.1 Å². The summed E-state index contributed by atoms with van der Waals surface area (Å²) in [6.07, 6.45) is 2.90. The molecule has 106 valence electrons. The van der Waals surface area contributed by atoms with E-state index in [4.69, 9.17) is 5.11 Å². The fourth-order valence-electron chi connectivity index (χ4n) is 2.28. The van der Waals surface area contributed by atoms with Gasteiger partial charge in [-0.1, -0.05) is 11.8 Å². The third-order valence-corrected chi connectivity index (χ3v) is 3.22. The smallest absolute Gasteiger partial charge is 0.222 e. The molecule has 0 aromatic heterocycles. The van der Waals surface area contributed by atoms with Crippen LogP contribution in [0.4, 0.5) is 4.39 Å². The first kappa shape index (κ1) is 14.5. The molecule has 0 aliphatic carbocycles. The standard InChI is InChI=1S/C16H18FNO2/c17-15-10-13(5-2-4-8-19)9-14(11-15)12-18-7-3-1-6-16(18)20/h9-11,19H,1,3-4,6-8,12H2. The van der Waals surface area contributed by atoms with Crippen LogP contribution in [-0.4, -0.2) is 29.1 Å². The lowest BCUT2D eigenvalue weighted by Crippen LogP contribution is -2.34. The van der Waals surface area contributed by atoms with Crippen molar-refractivity contribution in [1.29, 1.82) is 0 Å². The molecule has 0 atom stereocenters. The molecule has 1 N–H and O–H groups in total. The zero-order valence-corrected chi connectivity index (χ0v) is 11.4. The molecule has 2 rings (SSSR count). The molecular formula is C16H18FNO2. The molecule has 0 bridgehead atoms. The maximum absolute atomic E-state index is 13.6. The van der Waals surface area contributed by atoms with Crippen molar-refractivity contribution in [2.75, 3.05) is 13.2 Å². The van der Waals surface area contributed by atoms with Crippen LogP contribution in [0.3, 0.4) is 0 Å². The Labute approximate surface area is 118 Å². The third-order valence-electron chi connectivity index (χ3n) is 3.22. The van der Waals surface area contributed by atoms with E-state index in [9.17, 15) is 9.18 Å². The largest absolute Gasteiger partial charge is 0.395 e. The Morgan fingerprint density at radius 1 is 1.30 bits per heavy atom. The van der Waals surface area contributed by atoms with Crippen LogP contribution >= 0.6 is 0 Å². The summed E-state index contributed by atoms with van der Waals surface area (Å²) in [5.41, 5.74) is 1.34. The molecule has 1 aromatic rings. The van der Waals surface area contributed by atoms with Crippen molar-refractivity contribution in [3.63, 3.8) is 0 Å². The molecular weight excluding hydrogens is 257 g/mol. The first-order valence-corrected chi connectivity index (χ1v) is 6.86. The van der Waals surface area contributed by atoms with E-state index in [0.717, 1.165) is 24.9 Å². The van der Waals surface area contributed by atoms with Gasteiger partial charge in [-0.05, 0) is 36.6 Å². The zero-order chi connectivity index (χ0) is 14.4. The number of halogens is 1. The van der Waals surface area contributed by atoms with Gasteiger partial charge >= 0.3 is 0 Å². The molecule has 0 radical (unpaired) electrons. The molecule has 3 nitrogen and oxygen atoms in total. The van der Waals surface area contributed by atoms with E-state index in [1.807, 2.05) is 0 Å². The first-order chi connectivity index (χ1) is 9.69. The number of aliphatic hydroxyl groups is 1. The van der Waals surface area contributed by atoms with Crippen LogP contribution in [0.1, 0.15) is 36.8 Å². The number of piperidine rings is 1. The summed E-state index contributed by atoms with van der Waals surface area (Å²) in [6, 6.07) is 4.61. The molecule has 1 aromatic carbocycles. The number of carbonyl (C=O) groups is 1. The van der Waals surface area contributed by atoms with Gasteiger partial charge in [0.25, 0.3) is 0 Å². The summed E-state index contributed by atoms with van der Waals surface area (Å²) < 4.78 is 13.6. The molecule has 0 saturated carbocycles. The predicted octanol–water partition coefficient (Wildman–Crippen LogP) is 2.07.